The maximum Gasteiger partial charge on any atom is 0.490 e. The Bertz CT molecular complexity index is 791. The number of carbonyl (C=O) groups excluding carboxylic acids is 1. The molecule has 1 aromatic rings. The third-order valence-electron chi connectivity index (χ3n) is 5.02. The van der Waals surface area contributed by atoms with E-state index in [9.17, 15) is 18.0 Å². The molecule has 182 valence electrons. The van der Waals surface area contributed by atoms with E-state index >= 15 is 0 Å². The minimum atomic E-state index is -5.08. The summed E-state index contributed by atoms with van der Waals surface area (Å²) in [5, 5.41) is 15.0. The van der Waals surface area contributed by atoms with Gasteiger partial charge in [0.1, 0.15) is 0 Å². The van der Waals surface area contributed by atoms with Crippen LogP contribution in [0.3, 0.4) is 0 Å². The number of nitrogens with one attached hydrogen (secondary N) is 1. The van der Waals surface area contributed by atoms with Crippen molar-refractivity contribution in [3.8, 4) is 0 Å². The Kier molecular flexibility index (Phi) is 8.90. The molecule has 0 atom stereocenters. The van der Waals surface area contributed by atoms with Crippen LogP contribution in [0.25, 0.3) is 0 Å². The number of ether oxygens (including phenoxy) is 1. The van der Waals surface area contributed by atoms with Crippen molar-refractivity contribution in [3.63, 3.8) is 0 Å². The molecule has 12 heteroatoms. The van der Waals surface area contributed by atoms with Crippen molar-refractivity contribution in [2.45, 2.75) is 64.5 Å². The minimum Gasteiger partial charge on any atom is -0.475 e. The first-order chi connectivity index (χ1) is 14.9. The van der Waals surface area contributed by atoms with Crippen LogP contribution in [0.5, 0.6) is 0 Å². The summed E-state index contributed by atoms with van der Waals surface area (Å²) in [6, 6.07) is 0.730. The van der Waals surface area contributed by atoms with Crippen LogP contribution >= 0.6 is 0 Å². The maximum atomic E-state index is 12.4. The molecule has 1 fully saturated rings. The van der Waals surface area contributed by atoms with Gasteiger partial charge in [-0.15, -0.1) is 0 Å². The lowest BCUT2D eigenvalue weighted by atomic mass is 10.0. The molecule has 9 nitrogen and oxygen atoms in total. The zero-order chi connectivity index (χ0) is 24.1. The number of nitrogens with zero attached hydrogens (tertiary/aromatic N) is 4. The molecular weight excluding hydrogens is 431 g/mol. The Hall–Kier alpha value is -2.34. The number of halogens is 3. The molecule has 3 rings (SSSR count). The lowest BCUT2D eigenvalue weighted by Crippen LogP contribution is -2.44. The standard InChI is InChI=1S/C18H31N5O2.C2HF3O2/c1-13(2)23-17-11-22(18(24)19-14-5-6-14)8-7-15(17)16(20-23)12-25-10-9-21(3)4;3-2(4,5)1(6)7/h13-14H,5-12H2,1-4H3,(H,19,24);(H,6,7). The summed E-state index contributed by atoms with van der Waals surface area (Å²) in [5.74, 6) is -2.76. The summed E-state index contributed by atoms with van der Waals surface area (Å²) in [6.07, 6.45) is -2.00. The summed E-state index contributed by atoms with van der Waals surface area (Å²) < 4.78 is 39.6. The number of likely N-dealkylation sites (N-methyl/N-ethyl adjacent to an activating group) is 1. The first-order valence-electron chi connectivity index (χ1n) is 10.6. The molecule has 2 heterocycles. The van der Waals surface area contributed by atoms with Gasteiger partial charge in [0.2, 0.25) is 0 Å². The number of amides is 2. The number of fused-ring (bicyclic) bond motifs is 1. The van der Waals surface area contributed by atoms with E-state index in [0.29, 0.717) is 25.8 Å². The number of aliphatic carboxylic acids is 1. The monoisotopic (exact) mass is 463 g/mol. The van der Waals surface area contributed by atoms with Gasteiger partial charge in [0.15, 0.2) is 0 Å². The molecule has 0 aromatic carbocycles. The van der Waals surface area contributed by atoms with E-state index in [1.54, 1.807) is 0 Å². The van der Waals surface area contributed by atoms with Gasteiger partial charge in [0.25, 0.3) is 0 Å². The van der Waals surface area contributed by atoms with Crippen molar-refractivity contribution in [1.29, 1.82) is 0 Å². The van der Waals surface area contributed by atoms with Crippen LogP contribution in [0, 0.1) is 0 Å². The molecule has 0 unspecified atom stereocenters. The Balaban J connectivity index is 0.000000451. The van der Waals surface area contributed by atoms with Gasteiger partial charge in [-0.3, -0.25) is 4.68 Å². The molecule has 2 amide bonds. The molecule has 2 N–H and O–H groups in total. The first kappa shape index (κ1) is 25.9. The first-order valence-corrected chi connectivity index (χ1v) is 10.6. The highest BCUT2D eigenvalue weighted by Crippen LogP contribution is 2.26. The highest BCUT2D eigenvalue weighted by atomic mass is 19.4. The van der Waals surface area contributed by atoms with Crippen LogP contribution < -0.4 is 5.32 Å². The van der Waals surface area contributed by atoms with E-state index in [1.165, 1.54) is 11.3 Å². The molecule has 1 aliphatic carbocycles. The summed E-state index contributed by atoms with van der Waals surface area (Å²) in [4.78, 5) is 25.3. The largest absolute Gasteiger partial charge is 0.490 e. The van der Waals surface area contributed by atoms with E-state index in [2.05, 4.69) is 28.7 Å². The van der Waals surface area contributed by atoms with Gasteiger partial charge in [-0.05, 0) is 47.2 Å². The third-order valence-corrected chi connectivity index (χ3v) is 5.02. The van der Waals surface area contributed by atoms with Crippen LogP contribution in [0.15, 0.2) is 0 Å². The summed E-state index contributed by atoms with van der Waals surface area (Å²) in [5.41, 5.74) is 3.47. The number of aromatic nitrogens is 2. The van der Waals surface area contributed by atoms with Gasteiger partial charge in [0.05, 0.1) is 31.1 Å². The lowest BCUT2D eigenvalue weighted by molar-refractivity contribution is -0.192. The number of hydrogen-bond donors (Lipinski definition) is 2. The van der Waals surface area contributed by atoms with Crippen molar-refractivity contribution in [2.24, 2.45) is 0 Å². The number of alkyl halides is 3. The van der Waals surface area contributed by atoms with Gasteiger partial charge in [-0.2, -0.15) is 18.3 Å². The van der Waals surface area contributed by atoms with Gasteiger partial charge in [-0.1, -0.05) is 0 Å². The lowest BCUT2D eigenvalue weighted by Gasteiger charge is -2.28. The summed E-state index contributed by atoms with van der Waals surface area (Å²) in [7, 11) is 4.08. The quantitative estimate of drug-likeness (QED) is 0.603. The van der Waals surface area contributed by atoms with E-state index in [-0.39, 0.29) is 12.1 Å². The molecular formula is C20H32F3N5O4. The van der Waals surface area contributed by atoms with Crippen LogP contribution in [-0.2, 0) is 29.1 Å². The molecule has 1 saturated carbocycles. The zero-order valence-electron chi connectivity index (χ0n) is 18.9. The molecule has 0 saturated heterocycles. The highest BCUT2D eigenvalue weighted by molar-refractivity contribution is 5.75. The summed E-state index contributed by atoms with van der Waals surface area (Å²) in [6.45, 7) is 7.80. The van der Waals surface area contributed by atoms with Gasteiger partial charge in [0, 0.05) is 30.7 Å². The van der Waals surface area contributed by atoms with Crippen molar-refractivity contribution >= 4 is 12.0 Å². The topological polar surface area (TPSA) is 99.9 Å². The second-order valence-corrected chi connectivity index (χ2v) is 8.46. The SMILES string of the molecule is CC(C)n1nc(COCCN(C)C)c2c1CN(C(=O)NC1CC1)CC2.O=C(O)C(F)(F)F. The Morgan fingerprint density at radius 2 is 1.94 bits per heavy atom. The van der Waals surface area contributed by atoms with E-state index in [1.807, 2.05) is 19.0 Å². The van der Waals surface area contributed by atoms with Crippen LogP contribution in [0.2, 0.25) is 0 Å². The molecule has 1 aromatic heterocycles. The van der Waals surface area contributed by atoms with E-state index in [0.717, 1.165) is 38.0 Å². The normalized spacial score (nSPS) is 16.0. The molecule has 0 spiro atoms. The summed E-state index contributed by atoms with van der Waals surface area (Å²) >= 11 is 0. The van der Waals surface area contributed by atoms with Crippen molar-refractivity contribution in [2.75, 3.05) is 33.8 Å². The number of carbonyl (C=O) groups is 2. The number of urea groups is 1. The Morgan fingerprint density at radius 3 is 2.44 bits per heavy atom. The van der Waals surface area contributed by atoms with Crippen LogP contribution in [0.1, 0.15) is 49.7 Å². The van der Waals surface area contributed by atoms with Crippen molar-refractivity contribution in [3.05, 3.63) is 17.0 Å². The molecule has 0 bridgehead atoms. The molecule has 1 aliphatic heterocycles. The van der Waals surface area contributed by atoms with Gasteiger partial charge >= 0.3 is 18.2 Å². The van der Waals surface area contributed by atoms with Crippen molar-refractivity contribution in [1.82, 2.24) is 24.9 Å². The number of carboxylic acid groups (broad SMARTS) is 1. The second-order valence-electron chi connectivity index (χ2n) is 8.46. The average Bonchev–Trinajstić information content (AvgIpc) is 3.43. The highest BCUT2D eigenvalue weighted by Gasteiger charge is 2.38. The van der Waals surface area contributed by atoms with Gasteiger partial charge < -0.3 is 25.0 Å². The van der Waals surface area contributed by atoms with E-state index in [4.69, 9.17) is 19.7 Å². The average molecular weight is 464 g/mol. The fourth-order valence-electron chi connectivity index (χ4n) is 3.14. The Morgan fingerprint density at radius 1 is 1.31 bits per heavy atom. The second kappa shape index (κ2) is 11.0. The fraction of sp³-hybridized carbons (Fsp3) is 0.750. The predicted octanol–water partition coefficient (Wildman–Crippen LogP) is 2.41. The van der Waals surface area contributed by atoms with Gasteiger partial charge in [-0.25, -0.2) is 9.59 Å². The van der Waals surface area contributed by atoms with Crippen LogP contribution in [-0.4, -0.2) is 82.7 Å². The predicted molar refractivity (Wildman–Crippen MR) is 110 cm³/mol. The fourth-order valence-corrected chi connectivity index (χ4v) is 3.14. The zero-order valence-corrected chi connectivity index (χ0v) is 18.9. The molecule has 32 heavy (non-hydrogen) atoms. The molecule has 2 aliphatic rings. The van der Waals surface area contributed by atoms with Crippen molar-refractivity contribution < 1.29 is 32.6 Å². The molecule has 0 radical (unpaired) electrons. The van der Waals surface area contributed by atoms with E-state index < -0.39 is 12.1 Å². The van der Waals surface area contributed by atoms with Crippen LogP contribution in [0.4, 0.5) is 18.0 Å². The maximum absolute atomic E-state index is 12.4. The Labute approximate surface area is 185 Å². The smallest absolute Gasteiger partial charge is 0.475 e. The number of rotatable bonds is 7. The third kappa shape index (κ3) is 7.66. The number of hydrogen-bond acceptors (Lipinski definition) is 5. The minimum absolute atomic E-state index is 0.0634. The number of carboxylic acids is 1.